The third kappa shape index (κ3) is 4.31. The van der Waals surface area contributed by atoms with E-state index in [2.05, 4.69) is 52.7 Å². The van der Waals surface area contributed by atoms with Crippen LogP contribution < -0.4 is 11.1 Å². The van der Waals surface area contributed by atoms with Gasteiger partial charge in [-0.1, -0.05) is 32.0 Å². The van der Waals surface area contributed by atoms with E-state index in [9.17, 15) is 0 Å². The summed E-state index contributed by atoms with van der Waals surface area (Å²) in [6.07, 6.45) is 2.77. The molecular weight excluding hydrogens is 292 g/mol. The van der Waals surface area contributed by atoms with Crippen LogP contribution in [-0.2, 0) is 19.3 Å². The Morgan fingerprint density at radius 1 is 1.27 bits per heavy atom. The van der Waals surface area contributed by atoms with Gasteiger partial charge in [-0.25, -0.2) is 4.98 Å². The molecule has 0 fully saturated rings. The van der Waals surface area contributed by atoms with Crippen LogP contribution in [0.5, 0.6) is 0 Å². The highest BCUT2D eigenvalue weighted by atomic mass is 32.1. The molecule has 4 nitrogen and oxygen atoms in total. The summed E-state index contributed by atoms with van der Waals surface area (Å²) in [5.41, 5.74) is 10.8. The van der Waals surface area contributed by atoms with Crippen LogP contribution in [-0.4, -0.2) is 17.5 Å². The first-order chi connectivity index (χ1) is 10.6. The second kappa shape index (κ2) is 7.94. The van der Waals surface area contributed by atoms with Crippen molar-refractivity contribution in [3.05, 3.63) is 45.4 Å². The van der Waals surface area contributed by atoms with Gasteiger partial charge in [0.05, 0.1) is 10.7 Å². The normalized spacial score (nSPS) is 11.7. The van der Waals surface area contributed by atoms with E-state index in [1.54, 1.807) is 11.3 Å². The zero-order valence-electron chi connectivity index (χ0n) is 13.5. The summed E-state index contributed by atoms with van der Waals surface area (Å²) in [5.74, 6) is 0.475. The first-order valence-corrected chi connectivity index (χ1v) is 8.60. The molecule has 0 saturated carbocycles. The molecule has 0 radical (unpaired) electrons. The van der Waals surface area contributed by atoms with E-state index < -0.39 is 0 Å². The number of thiazole rings is 1. The van der Waals surface area contributed by atoms with E-state index in [4.69, 9.17) is 5.73 Å². The third-order valence-corrected chi connectivity index (χ3v) is 4.39. The molecule has 0 aliphatic heterocycles. The topological polar surface area (TPSA) is 63.3 Å². The molecule has 0 aliphatic rings. The molecular formula is C17H24N4S. The smallest absolute Gasteiger partial charge is 0.193 e. The maximum atomic E-state index is 6.04. The SMILES string of the molecule is CCc1cccc(CC)c1NC(N)=NCCc1csc(C)n1. The zero-order chi connectivity index (χ0) is 15.9. The summed E-state index contributed by atoms with van der Waals surface area (Å²) in [4.78, 5) is 8.86. The zero-order valence-corrected chi connectivity index (χ0v) is 14.3. The number of anilines is 1. The lowest BCUT2D eigenvalue weighted by Crippen LogP contribution is -2.24. The van der Waals surface area contributed by atoms with Crippen molar-refractivity contribution in [1.82, 2.24) is 4.98 Å². The summed E-state index contributed by atoms with van der Waals surface area (Å²) in [7, 11) is 0. The van der Waals surface area contributed by atoms with Crippen LogP contribution >= 0.6 is 11.3 Å². The number of aromatic nitrogens is 1. The molecule has 3 N–H and O–H groups in total. The summed E-state index contributed by atoms with van der Waals surface area (Å²) in [6, 6.07) is 6.36. The molecule has 0 bridgehead atoms. The maximum Gasteiger partial charge on any atom is 0.193 e. The number of para-hydroxylation sites is 1. The molecule has 0 aliphatic carbocycles. The molecule has 1 heterocycles. The van der Waals surface area contributed by atoms with Crippen LogP contribution in [0.25, 0.3) is 0 Å². The Hall–Kier alpha value is -1.88. The molecule has 1 aromatic heterocycles. The van der Waals surface area contributed by atoms with Gasteiger partial charge in [-0.2, -0.15) is 0 Å². The highest BCUT2D eigenvalue weighted by Crippen LogP contribution is 2.22. The van der Waals surface area contributed by atoms with E-state index in [1.807, 2.05) is 6.92 Å². The molecule has 22 heavy (non-hydrogen) atoms. The van der Waals surface area contributed by atoms with Crippen LogP contribution in [0.1, 0.15) is 35.7 Å². The molecule has 2 rings (SSSR count). The van der Waals surface area contributed by atoms with Gasteiger partial charge in [0.2, 0.25) is 0 Å². The van der Waals surface area contributed by atoms with Crippen molar-refractivity contribution in [2.45, 2.75) is 40.0 Å². The predicted molar refractivity (Wildman–Crippen MR) is 95.9 cm³/mol. The molecule has 0 spiro atoms. The molecule has 118 valence electrons. The van der Waals surface area contributed by atoms with Gasteiger partial charge in [0.1, 0.15) is 0 Å². The van der Waals surface area contributed by atoms with Crippen molar-refractivity contribution < 1.29 is 0 Å². The van der Waals surface area contributed by atoms with Crippen LogP contribution in [0.4, 0.5) is 5.69 Å². The van der Waals surface area contributed by atoms with E-state index in [0.29, 0.717) is 12.5 Å². The number of nitrogens with two attached hydrogens (primary N) is 1. The number of nitrogens with one attached hydrogen (secondary N) is 1. The van der Waals surface area contributed by atoms with Crippen molar-refractivity contribution in [1.29, 1.82) is 0 Å². The number of aliphatic imine (C=N–C) groups is 1. The number of rotatable bonds is 6. The Labute approximate surface area is 136 Å². The van der Waals surface area contributed by atoms with Crippen LogP contribution in [0.2, 0.25) is 0 Å². The van der Waals surface area contributed by atoms with Gasteiger partial charge >= 0.3 is 0 Å². The molecule has 0 saturated heterocycles. The largest absolute Gasteiger partial charge is 0.370 e. The number of aryl methyl sites for hydroxylation is 3. The van der Waals surface area contributed by atoms with Crippen molar-refractivity contribution >= 4 is 23.0 Å². The lowest BCUT2D eigenvalue weighted by atomic mass is 10.0. The van der Waals surface area contributed by atoms with Crippen LogP contribution in [0, 0.1) is 6.92 Å². The molecule has 1 aromatic carbocycles. The Morgan fingerprint density at radius 3 is 2.50 bits per heavy atom. The van der Waals surface area contributed by atoms with Gasteiger partial charge in [0.25, 0.3) is 0 Å². The quantitative estimate of drug-likeness (QED) is 0.633. The number of hydrogen-bond acceptors (Lipinski definition) is 3. The predicted octanol–water partition coefficient (Wildman–Crippen LogP) is 3.55. The van der Waals surface area contributed by atoms with Crippen molar-refractivity contribution in [3.63, 3.8) is 0 Å². The Balaban J connectivity index is 2.01. The molecule has 5 heteroatoms. The van der Waals surface area contributed by atoms with Gasteiger partial charge in [-0.05, 0) is 30.9 Å². The molecule has 0 atom stereocenters. The van der Waals surface area contributed by atoms with Gasteiger partial charge < -0.3 is 11.1 Å². The minimum atomic E-state index is 0.475. The fourth-order valence-corrected chi connectivity index (χ4v) is 3.03. The summed E-state index contributed by atoms with van der Waals surface area (Å²) in [5, 5.41) is 6.45. The maximum absolute atomic E-state index is 6.04. The highest BCUT2D eigenvalue weighted by Gasteiger charge is 2.07. The summed E-state index contributed by atoms with van der Waals surface area (Å²) in [6.45, 7) is 6.97. The minimum Gasteiger partial charge on any atom is -0.370 e. The monoisotopic (exact) mass is 316 g/mol. The molecule has 0 amide bonds. The number of guanidine groups is 1. The van der Waals surface area contributed by atoms with Crippen LogP contribution in [0.15, 0.2) is 28.6 Å². The van der Waals surface area contributed by atoms with E-state index >= 15 is 0 Å². The summed E-state index contributed by atoms with van der Waals surface area (Å²) < 4.78 is 0. The Morgan fingerprint density at radius 2 is 1.95 bits per heavy atom. The summed E-state index contributed by atoms with van der Waals surface area (Å²) >= 11 is 1.67. The van der Waals surface area contributed by atoms with Crippen molar-refractivity contribution in [3.8, 4) is 0 Å². The lowest BCUT2D eigenvalue weighted by molar-refractivity contribution is 0.926. The first kappa shape index (κ1) is 16.5. The van der Waals surface area contributed by atoms with Gasteiger partial charge in [0, 0.05) is 24.0 Å². The van der Waals surface area contributed by atoms with Crippen molar-refractivity contribution in [2.24, 2.45) is 10.7 Å². The second-order valence-electron chi connectivity index (χ2n) is 5.16. The molecule has 2 aromatic rings. The van der Waals surface area contributed by atoms with Gasteiger partial charge in [-0.3, -0.25) is 4.99 Å². The van der Waals surface area contributed by atoms with Crippen molar-refractivity contribution in [2.75, 3.05) is 11.9 Å². The standard InChI is InChI=1S/C17H24N4S/c1-4-13-7-6-8-14(5-2)16(13)21-17(18)19-10-9-15-11-22-12(3)20-15/h6-8,11H,4-5,9-10H2,1-3H3,(H3,18,19,21). The number of hydrogen-bond donors (Lipinski definition) is 2. The molecule has 0 unspecified atom stereocenters. The average Bonchev–Trinajstić information content (AvgIpc) is 2.93. The lowest BCUT2D eigenvalue weighted by Gasteiger charge is -2.14. The third-order valence-electron chi connectivity index (χ3n) is 3.57. The average molecular weight is 316 g/mol. The Bertz CT molecular complexity index is 624. The second-order valence-corrected chi connectivity index (χ2v) is 6.22. The van der Waals surface area contributed by atoms with Crippen LogP contribution in [0.3, 0.4) is 0 Å². The Kier molecular flexibility index (Phi) is 5.95. The van der Waals surface area contributed by atoms with E-state index in [1.165, 1.54) is 11.1 Å². The fourth-order valence-electron chi connectivity index (χ4n) is 2.38. The van der Waals surface area contributed by atoms with Gasteiger partial charge in [-0.15, -0.1) is 11.3 Å². The van der Waals surface area contributed by atoms with E-state index in [-0.39, 0.29) is 0 Å². The first-order valence-electron chi connectivity index (χ1n) is 7.72. The highest BCUT2D eigenvalue weighted by molar-refractivity contribution is 7.09. The fraction of sp³-hybridized carbons (Fsp3) is 0.412. The van der Waals surface area contributed by atoms with E-state index in [0.717, 1.165) is 35.7 Å². The number of benzene rings is 1. The minimum absolute atomic E-state index is 0.475. The van der Waals surface area contributed by atoms with Gasteiger partial charge in [0.15, 0.2) is 5.96 Å². The number of nitrogens with zero attached hydrogens (tertiary/aromatic N) is 2.